The van der Waals surface area contributed by atoms with E-state index in [4.69, 9.17) is 17.3 Å². The van der Waals surface area contributed by atoms with E-state index < -0.39 is 6.10 Å². The van der Waals surface area contributed by atoms with Crippen LogP contribution in [0.5, 0.6) is 0 Å². The van der Waals surface area contributed by atoms with Crippen LogP contribution in [0, 0.1) is 0 Å². The van der Waals surface area contributed by atoms with E-state index in [1.807, 2.05) is 36.4 Å². The fourth-order valence-electron chi connectivity index (χ4n) is 1.54. The summed E-state index contributed by atoms with van der Waals surface area (Å²) in [5, 5.41) is 10.8. The third-order valence-electron chi connectivity index (χ3n) is 2.55. The van der Waals surface area contributed by atoms with Crippen LogP contribution in [0.4, 0.5) is 5.69 Å². The molecule has 18 heavy (non-hydrogen) atoms. The Morgan fingerprint density at radius 2 is 1.78 bits per heavy atom. The van der Waals surface area contributed by atoms with Crippen molar-refractivity contribution in [1.29, 1.82) is 0 Å². The van der Waals surface area contributed by atoms with E-state index in [1.54, 1.807) is 23.9 Å². The Hall–Kier alpha value is -1.16. The molecule has 2 rings (SSSR count). The molecule has 0 bridgehead atoms. The van der Waals surface area contributed by atoms with Crippen LogP contribution in [0.2, 0.25) is 5.02 Å². The Morgan fingerprint density at radius 1 is 1.11 bits per heavy atom. The van der Waals surface area contributed by atoms with E-state index in [0.29, 0.717) is 16.5 Å². The third kappa shape index (κ3) is 3.42. The smallest absolute Gasteiger partial charge is 0.0883 e. The van der Waals surface area contributed by atoms with Crippen molar-refractivity contribution >= 4 is 29.1 Å². The summed E-state index contributed by atoms with van der Waals surface area (Å²) >= 11 is 7.60. The quantitative estimate of drug-likeness (QED) is 0.662. The maximum absolute atomic E-state index is 10.1. The maximum Gasteiger partial charge on any atom is 0.0883 e. The average Bonchev–Trinajstić information content (AvgIpc) is 2.38. The topological polar surface area (TPSA) is 46.2 Å². The second-order valence-electron chi connectivity index (χ2n) is 3.92. The lowest BCUT2D eigenvalue weighted by Crippen LogP contribution is -2.00. The summed E-state index contributed by atoms with van der Waals surface area (Å²) in [5.41, 5.74) is 7.17. The minimum Gasteiger partial charge on any atom is -0.399 e. The van der Waals surface area contributed by atoms with Crippen molar-refractivity contribution in [2.24, 2.45) is 0 Å². The van der Waals surface area contributed by atoms with Gasteiger partial charge in [0.25, 0.3) is 0 Å². The van der Waals surface area contributed by atoms with Crippen molar-refractivity contribution in [3.63, 3.8) is 0 Å². The number of nitrogens with two attached hydrogens (primary N) is 1. The first-order chi connectivity index (χ1) is 8.66. The van der Waals surface area contributed by atoms with Gasteiger partial charge in [-0.05, 0) is 29.8 Å². The molecular formula is C14H14ClNOS. The minimum atomic E-state index is -0.521. The molecule has 1 atom stereocenters. The Labute approximate surface area is 116 Å². The number of hydrogen-bond donors (Lipinski definition) is 2. The number of hydrogen-bond acceptors (Lipinski definition) is 3. The van der Waals surface area contributed by atoms with Crippen LogP contribution in [-0.2, 0) is 0 Å². The van der Waals surface area contributed by atoms with Crippen LogP contribution in [0.25, 0.3) is 0 Å². The second kappa shape index (κ2) is 6.14. The zero-order chi connectivity index (χ0) is 13.0. The van der Waals surface area contributed by atoms with Gasteiger partial charge in [0.05, 0.1) is 11.1 Å². The van der Waals surface area contributed by atoms with Gasteiger partial charge in [-0.1, -0.05) is 35.9 Å². The summed E-state index contributed by atoms with van der Waals surface area (Å²) in [7, 11) is 0. The van der Waals surface area contributed by atoms with Gasteiger partial charge in [0.1, 0.15) is 0 Å². The van der Waals surface area contributed by atoms with Gasteiger partial charge < -0.3 is 10.8 Å². The molecule has 0 amide bonds. The van der Waals surface area contributed by atoms with Crippen LogP contribution < -0.4 is 5.73 Å². The minimum absolute atomic E-state index is 0.521. The molecule has 1 unspecified atom stereocenters. The highest BCUT2D eigenvalue weighted by Crippen LogP contribution is 2.30. The molecule has 94 valence electrons. The number of rotatable bonds is 4. The number of anilines is 1. The number of aliphatic hydroxyl groups is 1. The third-order valence-corrected chi connectivity index (χ3v) is 4.15. The molecule has 2 aromatic rings. The maximum atomic E-state index is 10.1. The molecule has 0 radical (unpaired) electrons. The van der Waals surface area contributed by atoms with Gasteiger partial charge >= 0.3 is 0 Å². The summed E-state index contributed by atoms with van der Waals surface area (Å²) < 4.78 is 0. The first kappa shape index (κ1) is 13.3. The molecular weight excluding hydrogens is 266 g/mol. The molecule has 0 aliphatic heterocycles. The van der Waals surface area contributed by atoms with Gasteiger partial charge in [0.15, 0.2) is 0 Å². The van der Waals surface area contributed by atoms with E-state index in [9.17, 15) is 5.11 Å². The zero-order valence-electron chi connectivity index (χ0n) is 9.71. The van der Waals surface area contributed by atoms with Crippen LogP contribution >= 0.6 is 23.4 Å². The summed E-state index contributed by atoms with van der Waals surface area (Å²) in [4.78, 5) is 0.980. The molecule has 0 heterocycles. The number of thioether (sulfide) groups is 1. The molecule has 0 aliphatic rings. The number of halogens is 1. The highest BCUT2D eigenvalue weighted by Gasteiger charge is 2.09. The Kier molecular flexibility index (Phi) is 4.53. The lowest BCUT2D eigenvalue weighted by atomic mass is 10.1. The summed E-state index contributed by atoms with van der Waals surface area (Å²) in [5.74, 6) is 0.563. The van der Waals surface area contributed by atoms with Gasteiger partial charge in [-0.3, -0.25) is 0 Å². The summed E-state index contributed by atoms with van der Waals surface area (Å²) in [6.07, 6.45) is -0.521. The second-order valence-corrected chi connectivity index (χ2v) is 5.39. The zero-order valence-corrected chi connectivity index (χ0v) is 11.3. The summed E-state index contributed by atoms with van der Waals surface area (Å²) in [6.45, 7) is 0. The molecule has 0 saturated carbocycles. The van der Waals surface area contributed by atoms with Gasteiger partial charge in [0.2, 0.25) is 0 Å². The van der Waals surface area contributed by atoms with E-state index in [1.165, 1.54) is 0 Å². The van der Waals surface area contributed by atoms with Crippen molar-refractivity contribution in [3.05, 3.63) is 59.1 Å². The highest BCUT2D eigenvalue weighted by atomic mass is 35.5. The van der Waals surface area contributed by atoms with Crippen LogP contribution in [-0.4, -0.2) is 10.9 Å². The van der Waals surface area contributed by atoms with Crippen LogP contribution in [0.15, 0.2) is 53.4 Å². The lowest BCUT2D eigenvalue weighted by molar-refractivity contribution is 0.204. The molecule has 2 aromatic carbocycles. The van der Waals surface area contributed by atoms with E-state index in [2.05, 4.69) is 0 Å². The molecule has 0 spiro atoms. The van der Waals surface area contributed by atoms with E-state index in [-0.39, 0.29) is 0 Å². The fraction of sp³-hybridized carbons (Fsp3) is 0.143. The fourth-order valence-corrected chi connectivity index (χ4v) is 2.75. The molecule has 4 heteroatoms. The first-order valence-electron chi connectivity index (χ1n) is 5.57. The predicted molar refractivity (Wildman–Crippen MR) is 78.0 cm³/mol. The van der Waals surface area contributed by atoms with Gasteiger partial charge in [-0.25, -0.2) is 0 Å². The Morgan fingerprint density at radius 3 is 2.44 bits per heavy atom. The van der Waals surface area contributed by atoms with Gasteiger partial charge in [-0.15, -0.1) is 11.8 Å². The molecule has 0 fully saturated rings. The molecule has 2 nitrogen and oxygen atoms in total. The Balaban J connectivity index is 1.98. The number of benzene rings is 2. The van der Waals surface area contributed by atoms with Crippen molar-refractivity contribution in [2.45, 2.75) is 11.0 Å². The van der Waals surface area contributed by atoms with Gasteiger partial charge in [0, 0.05) is 16.3 Å². The van der Waals surface area contributed by atoms with Crippen LogP contribution in [0.1, 0.15) is 11.7 Å². The van der Waals surface area contributed by atoms with Crippen molar-refractivity contribution in [3.8, 4) is 0 Å². The Bertz CT molecular complexity index is 515. The van der Waals surface area contributed by atoms with Gasteiger partial charge in [-0.2, -0.15) is 0 Å². The molecule has 0 aromatic heterocycles. The predicted octanol–water partition coefficient (Wildman–Crippen LogP) is 3.75. The van der Waals surface area contributed by atoms with Crippen molar-refractivity contribution in [1.82, 2.24) is 0 Å². The average molecular weight is 280 g/mol. The number of nitrogen functional groups attached to an aromatic ring is 1. The molecule has 0 aliphatic carbocycles. The first-order valence-corrected chi connectivity index (χ1v) is 6.94. The standard InChI is InChI=1S/C14H14ClNOS/c15-12-3-1-2-4-14(12)18-9-13(17)10-5-7-11(16)8-6-10/h1-8,13,17H,9,16H2. The number of aliphatic hydroxyl groups excluding tert-OH is 1. The van der Waals surface area contributed by atoms with E-state index in [0.717, 1.165) is 10.5 Å². The summed E-state index contributed by atoms with van der Waals surface area (Å²) in [6, 6.07) is 14.9. The lowest BCUT2D eigenvalue weighted by Gasteiger charge is -2.11. The van der Waals surface area contributed by atoms with E-state index >= 15 is 0 Å². The molecule has 3 N–H and O–H groups in total. The normalized spacial score (nSPS) is 12.3. The van der Waals surface area contributed by atoms with Crippen LogP contribution in [0.3, 0.4) is 0 Å². The van der Waals surface area contributed by atoms with Crippen molar-refractivity contribution in [2.75, 3.05) is 11.5 Å². The van der Waals surface area contributed by atoms with Crippen molar-refractivity contribution < 1.29 is 5.11 Å². The monoisotopic (exact) mass is 279 g/mol. The molecule has 0 saturated heterocycles. The largest absolute Gasteiger partial charge is 0.399 e. The SMILES string of the molecule is Nc1ccc(C(O)CSc2ccccc2Cl)cc1. The highest BCUT2D eigenvalue weighted by molar-refractivity contribution is 7.99.